The largest absolute Gasteiger partial charge is 0.481 e. The highest BCUT2D eigenvalue weighted by molar-refractivity contribution is 7.90. The van der Waals surface area contributed by atoms with Crippen LogP contribution >= 0.6 is 0 Å². The fraction of sp³-hybridized carbons (Fsp3) is 0.667. The molecule has 3 N–H and O–H groups in total. The Morgan fingerprint density at radius 1 is 1.10 bits per heavy atom. The number of rotatable bonds is 10. The lowest BCUT2D eigenvalue weighted by molar-refractivity contribution is -0.122. The molecule has 9 heteroatoms. The van der Waals surface area contributed by atoms with E-state index in [2.05, 4.69) is 17.4 Å². The molecule has 0 aliphatic carbocycles. The maximum Gasteiger partial charge on any atom is 0.481 e. The summed E-state index contributed by atoms with van der Waals surface area (Å²) in [7, 11) is -3.78. The van der Waals surface area contributed by atoms with Crippen LogP contribution in [0.3, 0.4) is 0 Å². The van der Waals surface area contributed by atoms with E-state index in [1.165, 1.54) is 5.56 Å². The van der Waals surface area contributed by atoms with Crippen molar-refractivity contribution < 1.29 is 22.5 Å². The topological polar surface area (TPSA) is 108 Å². The zero-order valence-corrected chi connectivity index (χ0v) is 19.5. The molecule has 0 saturated carbocycles. The summed E-state index contributed by atoms with van der Waals surface area (Å²) in [5.74, 6) is -0.902. The molecular formula is C21H35BN2O5S. The van der Waals surface area contributed by atoms with Crippen molar-refractivity contribution in [1.29, 1.82) is 0 Å². The first-order valence-corrected chi connectivity index (χ1v) is 12.5. The summed E-state index contributed by atoms with van der Waals surface area (Å²) in [5, 5.41) is 2.95. The van der Waals surface area contributed by atoms with Gasteiger partial charge in [0.1, 0.15) is 9.84 Å². The lowest BCUT2D eigenvalue weighted by atomic mass is 9.75. The minimum atomic E-state index is -3.18. The third-order valence-electron chi connectivity index (χ3n) is 5.89. The SMILES string of the molecule is CC1(C)OB([C@H](CCCc2ccccc2)NC(=O)[C@H](N)CCS(C)(=O)=O)OC1(C)C. The van der Waals surface area contributed by atoms with Crippen LogP contribution in [0.1, 0.15) is 52.5 Å². The molecule has 0 radical (unpaired) electrons. The van der Waals surface area contributed by atoms with Gasteiger partial charge in [-0.05, 0) is 58.9 Å². The summed E-state index contributed by atoms with van der Waals surface area (Å²) in [6, 6.07) is 9.23. The summed E-state index contributed by atoms with van der Waals surface area (Å²) >= 11 is 0. The molecule has 30 heavy (non-hydrogen) atoms. The van der Waals surface area contributed by atoms with Gasteiger partial charge in [0, 0.05) is 6.26 Å². The maximum absolute atomic E-state index is 12.6. The quantitative estimate of drug-likeness (QED) is 0.541. The maximum atomic E-state index is 12.6. The van der Waals surface area contributed by atoms with E-state index in [1.54, 1.807) is 0 Å². The first-order valence-electron chi connectivity index (χ1n) is 10.4. The molecule has 2 atom stereocenters. The van der Waals surface area contributed by atoms with Crippen LogP contribution in [-0.2, 0) is 30.4 Å². The summed E-state index contributed by atoms with van der Waals surface area (Å²) in [6.07, 6.45) is 3.56. The fourth-order valence-electron chi connectivity index (χ4n) is 3.26. The van der Waals surface area contributed by atoms with E-state index in [0.717, 1.165) is 19.1 Å². The van der Waals surface area contributed by atoms with Crippen LogP contribution in [0.5, 0.6) is 0 Å². The number of aryl methyl sites for hydroxylation is 1. The Labute approximate surface area is 181 Å². The van der Waals surface area contributed by atoms with Crippen molar-refractivity contribution in [1.82, 2.24) is 5.32 Å². The number of carbonyl (C=O) groups is 1. The molecule has 2 rings (SSSR count). The van der Waals surface area contributed by atoms with Gasteiger partial charge >= 0.3 is 7.12 Å². The second-order valence-electron chi connectivity index (χ2n) is 9.14. The van der Waals surface area contributed by atoms with Crippen LogP contribution in [-0.4, -0.2) is 56.6 Å². The van der Waals surface area contributed by atoms with Crippen molar-refractivity contribution in [3.8, 4) is 0 Å². The van der Waals surface area contributed by atoms with Gasteiger partial charge in [-0.15, -0.1) is 0 Å². The highest BCUT2D eigenvalue weighted by Gasteiger charge is 2.54. The van der Waals surface area contributed by atoms with Gasteiger partial charge in [0.2, 0.25) is 5.91 Å². The van der Waals surface area contributed by atoms with Crippen molar-refractivity contribution in [2.24, 2.45) is 5.73 Å². The Morgan fingerprint density at radius 2 is 1.67 bits per heavy atom. The molecular weight excluding hydrogens is 403 g/mol. The molecule has 168 valence electrons. The molecule has 1 aliphatic heterocycles. The molecule has 1 aliphatic rings. The van der Waals surface area contributed by atoms with Crippen molar-refractivity contribution in [2.75, 3.05) is 12.0 Å². The number of hydrogen-bond donors (Lipinski definition) is 2. The Kier molecular flexibility index (Phi) is 8.12. The Hall–Kier alpha value is -1.42. The van der Waals surface area contributed by atoms with Crippen molar-refractivity contribution >= 4 is 22.9 Å². The molecule has 0 spiro atoms. The average Bonchev–Trinajstić information content (AvgIpc) is 2.86. The predicted octanol–water partition coefficient (Wildman–Crippen LogP) is 1.89. The summed E-state index contributed by atoms with van der Waals surface area (Å²) in [4.78, 5) is 12.6. The minimum Gasteiger partial charge on any atom is -0.402 e. The van der Waals surface area contributed by atoms with Crippen LogP contribution in [0.25, 0.3) is 0 Å². The van der Waals surface area contributed by atoms with E-state index >= 15 is 0 Å². The van der Waals surface area contributed by atoms with E-state index in [0.29, 0.717) is 6.42 Å². The van der Waals surface area contributed by atoms with E-state index in [-0.39, 0.29) is 18.1 Å². The highest BCUT2D eigenvalue weighted by atomic mass is 32.2. The molecule has 1 aromatic carbocycles. The number of hydrogen-bond acceptors (Lipinski definition) is 6. The third kappa shape index (κ3) is 7.08. The number of nitrogens with two attached hydrogens (primary N) is 1. The minimum absolute atomic E-state index is 0.0742. The molecule has 1 aromatic rings. The zero-order valence-electron chi connectivity index (χ0n) is 18.7. The summed E-state index contributed by atoms with van der Waals surface area (Å²) < 4.78 is 35.1. The van der Waals surface area contributed by atoms with E-state index in [4.69, 9.17) is 15.0 Å². The van der Waals surface area contributed by atoms with Crippen molar-refractivity contribution in [3.05, 3.63) is 35.9 Å². The summed E-state index contributed by atoms with van der Waals surface area (Å²) in [6.45, 7) is 7.86. The molecule has 0 aromatic heterocycles. The Bertz CT molecular complexity index is 798. The van der Waals surface area contributed by atoms with Gasteiger partial charge in [-0.3, -0.25) is 4.79 Å². The molecule has 1 saturated heterocycles. The first-order chi connectivity index (χ1) is 13.8. The average molecular weight is 438 g/mol. The molecule has 0 bridgehead atoms. The number of amides is 1. The van der Waals surface area contributed by atoms with Gasteiger partial charge in [0.05, 0.1) is 28.9 Å². The molecule has 7 nitrogen and oxygen atoms in total. The van der Waals surface area contributed by atoms with Gasteiger partial charge in [0.15, 0.2) is 0 Å². The number of carbonyl (C=O) groups excluding carboxylic acids is 1. The smallest absolute Gasteiger partial charge is 0.402 e. The molecule has 1 heterocycles. The van der Waals surface area contributed by atoms with Crippen LogP contribution in [0.15, 0.2) is 30.3 Å². The molecule has 1 fully saturated rings. The fourth-order valence-corrected chi connectivity index (χ4v) is 3.94. The Morgan fingerprint density at radius 3 is 2.20 bits per heavy atom. The summed E-state index contributed by atoms with van der Waals surface area (Å²) in [5.41, 5.74) is 6.13. The van der Waals surface area contributed by atoms with Gasteiger partial charge < -0.3 is 20.4 Å². The highest BCUT2D eigenvalue weighted by Crippen LogP contribution is 2.38. The van der Waals surface area contributed by atoms with Crippen LogP contribution in [0.2, 0.25) is 0 Å². The second-order valence-corrected chi connectivity index (χ2v) is 11.4. The van der Waals surface area contributed by atoms with Crippen LogP contribution in [0.4, 0.5) is 0 Å². The molecule has 1 amide bonds. The van der Waals surface area contributed by atoms with E-state index in [9.17, 15) is 13.2 Å². The lowest BCUT2D eigenvalue weighted by Crippen LogP contribution is -2.53. The van der Waals surface area contributed by atoms with E-state index in [1.807, 2.05) is 45.9 Å². The first kappa shape index (κ1) is 24.9. The third-order valence-corrected chi connectivity index (χ3v) is 6.86. The van der Waals surface area contributed by atoms with Crippen LogP contribution in [0, 0.1) is 0 Å². The Balaban J connectivity index is 2.04. The number of benzene rings is 1. The molecule has 0 unspecified atom stereocenters. The van der Waals surface area contributed by atoms with Crippen molar-refractivity contribution in [2.45, 2.75) is 76.6 Å². The van der Waals surface area contributed by atoms with Gasteiger partial charge in [-0.25, -0.2) is 8.42 Å². The normalized spacial score (nSPS) is 20.0. The second kappa shape index (κ2) is 9.81. The van der Waals surface area contributed by atoms with Crippen molar-refractivity contribution in [3.63, 3.8) is 0 Å². The lowest BCUT2D eigenvalue weighted by Gasteiger charge is -2.32. The van der Waals surface area contributed by atoms with Gasteiger partial charge in [-0.1, -0.05) is 30.3 Å². The van der Waals surface area contributed by atoms with Crippen LogP contribution < -0.4 is 11.1 Å². The monoisotopic (exact) mass is 438 g/mol. The predicted molar refractivity (Wildman–Crippen MR) is 120 cm³/mol. The standard InChI is InChI=1S/C21H35BN2O5S/c1-20(2)21(3,4)29-22(28-20)18(13-9-12-16-10-7-6-8-11-16)24-19(25)17(23)14-15-30(5,26)27/h6-8,10-11,17-18H,9,12-15,23H2,1-5H3,(H,24,25)/t17-,18+/m1/s1. The van der Waals surface area contributed by atoms with E-state index < -0.39 is 40.1 Å². The zero-order chi connectivity index (χ0) is 22.6. The van der Waals surface area contributed by atoms with Gasteiger partial charge in [0.25, 0.3) is 0 Å². The number of nitrogens with one attached hydrogen (secondary N) is 1. The van der Waals surface area contributed by atoms with Gasteiger partial charge in [-0.2, -0.15) is 0 Å². The number of sulfone groups is 1.